The molecule has 1 aromatic rings. The number of ether oxygens (including phenoxy) is 5. The maximum absolute atomic E-state index is 11.9. The molecule has 0 spiro atoms. The Hall–Kier alpha value is -2.32. The normalized spacial score (nSPS) is 19.2. The van der Waals surface area contributed by atoms with Crippen LogP contribution in [0, 0.1) is 0 Å². The molecule has 1 saturated heterocycles. The van der Waals surface area contributed by atoms with E-state index in [0.29, 0.717) is 24.7 Å². The fourth-order valence-corrected chi connectivity index (χ4v) is 2.65. The summed E-state index contributed by atoms with van der Waals surface area (Å²) >= 11 is 0. The first-order valence-corrected chi connectivity index (χ1v) is 8.67. The van der Waals surface area contributed by atoms with Gasteiger partial charge in [0.1, 0.15) is 0 Å². The van der Waals surface area contributed by atoms with Crippen LogP contribution in [-0.2, 0) is 30.3 Å². The number of nitrogens with one attached hydrogen (secondary N) is 1. The predicted molar refractivity (Wildman–Crippen MR) is 89.8 cm³/mol. The van der Waals surface area contributed by atoms with Crippen molar-refractivity contribution in [1.82, 2.24) is 5.32 Å². The first kappa shape index (κ1) is 18.5. The van der Waals surface area contributed by atoms with Crippen LogP contribution in [0.3, 0.4) is 0 Å². The number of carbonyl (C=O) groups excluding carboxylic acids is 2. The maximum atomic E-state index is 11.9. The molecule has 0 radical (unpaired) electrons. The van der Waals surface area contributed by atoms with E-state index >= 15 is 0 Å². The third-order valence-corrected chi connectivity index (χ3v) is 4.16. The van der Waals surface area contributed by atoms with E-state index in [0.717, 1.165) is 25.0 Å². The minimum Gasteiger partial charge on any atom is -0.454 e. The number of benzene rings is 1. The van der Waals surface area contributed by atoms with Gasteiger partial charge >= 0.3 is 5.97 Å². The number of fused-ring (bicyclic) bond motifs is 1. The molecule has 0 bridgehead atoms. The van der Waals surface area contributed by atoms with Crippen molar-refractivity contribution in [2.75, 3.05) is 26.6 Å². The fourth-order valence-electron chi connectivity index (χ4n) is 2.65. The van der Waals surface area contributed by atoms with Crippen molar-refractivity contribution in [2.45, 2.75) is 38.5 Å². The van der Waals surface area contributed by atoms with Crippen LogP contribution in [0.5, 0.6) is 11.5 Å². The zero-order valence-electron chi connectivity index (χ0n) is 14.7. The van der Waals surface area contributed by atoms with E-state index in [1.807, 2.05) is 6.07 Å². The van der Waals surface area contributed by atoms with Gasteiger partial charge < -0.3 is 29.0 Å². The molecule has 2 heterocycles. The van der Waals surface area contributed by atoms with Gasteiger partial charge in [0.05, 0.1) is 12.7 Å². The Morgan fingerprint density at radius 2 is 2.15 bits per heavy atom. The average molecular weight is 365 g/mol. The Morgan fingerprint density at radius 3 is 2.96 bits per heavy atom. The van der Waals surface area contributed by atoms with Crippen LogP contribution in [-0.4, -0.2) is 50.7 Å². The van der Waals surface area contributed by atoms with Crippen molar-refractivity contribution in [2.24, 2.45) is 0 Å². The van der Waals surface area contributed by atoms with E-state index in [4.69, 9.17) is 23.7 Å². The molecule has 1 amide bonds. The highest BCUT2D eigenvalue weighted by molar-refractivity contribution is 5.81. The number of hydrogen-bond donors (Lipinski definition) is 1. The van der Waals surface area contributed by atoms with Crippen molar-refractivity contribution in [3.63, 3.8) is 0 Å². The van der Waals surface area contributed by atoms with E-state index in [9.17, 15) is 9.59 Å². The second-order valence-corrected chi connectivity index (χ2v) is 6.18. The standard InChI is InChI=1S/C18H23NO7/c1-12(23-9-14-3-2-6-22-14)18(21)24-10-17(20)19-8-13-4-5-15-16(7-13)26-11-25-15/h4-5,7,12,14H,2-3,6,8-11H2,1H3,(H,19,20). The average Bonchev–Trinajstić information content (AvgIpc) is 3.33. The summed E-state index contributed by atoms with van der Waals surface area (Å²) in [5.41, 5.74) is 0.863. The second-order valence-electron chi connectivity index (χ2n) is 6.18. The van der Waals surface area contributed by atoms with Gasteiger partial charge in [0.15, 0.2) is 24.2 Å². The van der Waals surface area contributed by atoms with Gasteiger partial charge in [-0.1, -0.05) is 6.07 Å². The van der Waals surface area contributed by atoms with Crippen molar-refractivity contribution >= 4 is 11.9 Å². The lowest BCUT2D eigenvalue weighted by Gasteiger charge is -2.15. The summed E-state index contributed by atoms with van der Waals surface area (Å²) in [5, 5.41) is 2.69. The van der Waals surface area contributed by atoms with Gasteiger partial charge in [-0.25, -0.2) is 4.79 Å². The van der Waals surface area contributed by atoms with Gasteiger partial charge in [-0.3, -0.25) is 4.79 Å². The molecule has 1 fully saturated rings. The van der Waals surface area contributed by atoms with Crippen molar-refractivity contribution < 1.29 is 33.3 Å². The molecule has 2 atom stereocenters. The molecule has 8 heteroatoms. The molecule has 0 aromatic heterocycles. The highest BCUT2D eigenvalue weighted by Crippen LogP contribution is 2.32. The van der Waals surface area contributed by atoms with E-state index < -0.39 is 12.1 Å². The molecule has 3 rings (SSSR count). The van der Waals surface area contributed by atoms with Gasteiger partial charge in [-0.15, -0.1) is 0 Å². The Balaban J connectivity index is 1.33. The lowest BCUT2D eigenvalue weighted by atomic mass is 10.2. The molecule has 142 valence electrons. The molecule has 26 heavy (non-hydrogen) atoms. The highest BCUT2D eigenvalue weighted by Gasteiger charge is 2.21. The maximum Gasteiger partial charge on any atom is 0.335 e. The van der Waals surface area contributed by atoms with Crippen LogP contribution in [0.2, 0.25) is 0 Å². The first-order chi connectivity index (χ1) is 12.6. The van der Waals surface area contributed by atoms with Gasteiger partial charge in [0, 0.05) is 13.2 Å². The SMILES string of the molecule is CC(OCC1CCCO1)C(=O)OCC(=O)NCc1ccc2c(c1)OCO2. The number of hydrogen-bond acceptors (Lipinski definition) is 7. The third kappa shape index (κ3) is 5.09. The first-order valence-electron chi connectivity index (χ1n) is 8.67. The molecule has 1 aromatic carbocycles. The van der Waals surface area contributed by atoms with Crippen molar-refractivity contribution in [3.05, 3.63) is 23.8 Å². The molecule has 1 N–H and O–H groups in total. The van der Waals surface area contributed by atoms with Crippen LogP contribution in [0.1, 0.15) is 25.3 Å². The number of rotatable bonds is 8. The van der Waals surface area contributed by atoms with Gasteiger partial charge in [-0.2, -0.15) is 0 Å². The minimum atomic E-state index is -0.735. The Bertz CT molecular complexity index is 642. The monoisotopic (exact) mass is 365 g/mol. The second kappa shape index (κ2) is 8.86. The summed E-state index contributed by atoms with van der Waals surface area (Å²) in [4.78, 5) is 23.7. The molecule has 2 aliphatic rings. The number of carbonyl (C=O) groups is 2. The van der Waals surface area contributed by atoms with E-state index in [1.165, 1.54) is 0 Å². The molecule has 2 aliphatic heterocycles. The van der Waals surface area contributed by atoms with E-state index in [-0.39, 0.29) is 25.4 Å². The molecule has 2 unspecified atom stereocenters. The summed E-state index contributed by atoms with van der Waals surface area (Å²) < 4.78 is 26.4. The highest BCUT2D eigenvalue weighted by atomic mass is 16.7. The molecule has 0 aliphatic carbocycles. The number of esters is 1. The van der Waals surface area contributed by atoms with Crippen LogP contribution in [0.15, 0.2) is 18.2 Å². The molecular weight excluding hydrogens is 342 g/mol. The summed E-state index contributed by atoms with van der Waals surface area (Å²) in [7, 11) is 0. The van der Waals surface area contributed by atoms with Gasteiger partial charge in [0.2, 0.25) is 6.79 Å². The molecule has 8 nitrogen and oxygen atoms in total. The summed E-state index contributed by atoms with van der Waals surface area (Å²) in [6.07, 6.45) is 1.25. The lowest BCUT2D eigenvalue weighted by molar-refractivity contribution is -0.160. The fraction of sp³-hybridized carbons (Fsp3) is 0.556. The smallest absolute Gasteiger partial charge is 0.335 e. The van der Waals surface area contributed by atoms with Crippen LogP contribution in [0.4, 0.5) is 0 Å². The minimum absolute atomic E-state index is 0.0373. The Kier molecular flexibility index (Phi) is 6.30. The van der Waals surface area contributed by atoms with Crippen molar-refractivity contribution in [1.29, 1.82) is 0 Å². The van der Waals surface area contributed by atoms with Crippen LogP contribution >= 0.6 is 0 Å². The quantitative estimate of drug-likeness (QED) is 0.691. The van der Waals surface area contributed by atoms with Crippen LogP contribution < -0.4 is 14.8 Å². The topological polar surface area (TPSA) is 92.3 Å². The summed E-state index contributed by atoms with van der Waals surface area (Å²) in [5.74, 6) is 0.384. The largest absolute Gasteiger partial charge is 0.454 e. The van der Waals surface area contributed by atoms with E-state index in [1.54, 1.807) is 19.1 Å². The van der Waals surface area contributed by atoms with Gasteiger partial charge in [-0.05, 0) is 37.5 Å². The zero-order chi connectivity index (χ0) is 18.4. The Labute approximate surface area is 151 Å². The van der Waals surface area contributed by atoms with Gasteiger partial charge in [0.25, 0.3) is 5.91 Å². The molecular formula is C18H23NO7. The lowest BCUT2D eigenvalue weighted by Crippen LogP contribution is -2.32. The predicted octanol–water partition coefficient (Wildman–Crippen LogP) is 1.16. The molecule has 0 saturated carbocycles. The number of amides is 1. The van der Waals surface area contributed by atoms with Crippen molar-refractivity contribution in [3.8, 4) is 11.5 Å². The summed E-state index contributed by atoms with van der Waals surface area (Å²) in [6, 6.07) is 5.42. The van der Waals surface area contributed by atoms with Crippen LogP contribution in [0.25, 0.3) is 0 Å². The third-order valence-electron chi connectivity index (χ3n) is 4.16. The zero-order valence-corrected chi connectivity index (χ0v) is 14.7. The van der Waals surface area contributed by atoms with E-state index in [2.05, 4.69) is 5.32 Å². The Morgan fingerprint density at radius 1 is 1.31 bits per heavy atom. The summed E-state index contributed by atoms with van der Waals surface area (Å²) in [6.45, 7) is 2.84.